The molecule has 0 aromatic heterocycles. The van der Waals surface area contributed by atoms with E-state index in [1.807, 2.05) is 38.1 Å². The molecule has 0 spiro atoms. The van der Waals surface area contributed by atoms with Gasteiger partial charge in [-0.15, -0.1) is 0 Å². The van der Waals surface area contributed by atoms with Crippen molar-refractivity contribution in [3.63, 3.8) is 0 Å². The highest BCUT2D eigenvalue weighted by atomic mass is 19.1. The SMILES string of the molecule is COC1c2cc(NCc3cccc(F)c3)ccc2OC(C)(C)C1OCc1ccc(C(C)(C)C)cc1. The maximum atomic E-state index is 13.5. The van der Waals surface area contributed by atoms with Crippen LogP contribution in [0.1, 0.15) is 63.0 Å². The lowest BCUT2D eigenvalue weighted by molar-refractivity contribution is -0.159. The molecule has 0 saturated heterocycles. The minimum atomic E-state index is -0.574. The summed E-state index contributed by atoms with van der Waals surface area (Å²) in [6.07, 6.45) is -0.598. The van der Waals surface area contributed by atoms with Gasteiger partial charge in [0.1, 0.15) is 29.4 Å². The number of hydrogen-bond donors (Lipinski definition) is 1. The van der Waals surface area contributed by atoms with Crippen molar-refractivity contribution >= 4 is 5.69 Å². The first-order valence-electron chi connectivity index (χ1n) is 12.1. The van der Waals surface area contributed by atoms with Crippen molar-refractivity contribution in [1.29, 1.82) is 0 Å². The van der Waals surface area contributed by atoms with Crippen molar-refractivity contribution in [3.8, 4) is 5.75 Å². The summed E-state index contributed by atoms with van der Waals surface area (Å²) in [5, 5.41) is 3.38. The standard InChI is InChI=1S/C30H36FNO3/c1-29(2,3)22-12-10-20(11-13-22)19-34-28-27(33-6)25-17-24(14-15-26(25)35-30(28,4)5)32-18-21-8-7-9-23(31)16-21/h7-17,27-28,32H,18-19H2,1-6H3. The highest BCUT2D eigenvalue weighted by Gasteiger charge is 2.45. The molecule has 3 aromatic carbocycles. The van der Waals surface area contributed by atoms with E-state index in [1.165, 1.54) is 17.7 Å². The Morgan fingerprint density at radius 1 is 0.971 bits per heavy atom. The zero-order valence-electron chi connectivity index (χ0n) is 21.5. The molecule has 1 aliphatic rings. The zero-order chi connectivity index (χ0) is 25.2. The minimum Gasteiger partial charge on any atom is -0.485 e. The van der Waals surface area contributed by atoms with Gasteiger partial charge in [-0.3, -0.25) is 0 Å². The molecule has 5 heteroatoms. The molecule has 0 aliphatic carbocycles. The molecule has 0 fully saturated rings. The van der Waals surface area contributed by atoms with Gasteiger partial charge in [0.2, 0.25) is 0 Å². The van der Waals surface area contributed by atoms with E-state index in [0.717, 1.165) is 28.1 Å². The van der Waals surface area contributed by atoms with Crippen LogP contribution in [0.15, 0.2) is 66.7 Å². The summed E-state index contributed by atoms with van der Waals surface area (Å²) in [6.45, 7) is 11.7. The number of nitrogens with one attached hydrogen (secondary N) is 1. The van der Waals surface area contributed by atoms with Gasteiger partial charge in [0, 0.05) is 24.9 Å². The summed E-state index contributed by atoms with van der Waals surface area (Å²) >= 11 is 0. The molecule has 4 rings (SSSR count). The highest BCUT2D eigenvalue weighted by Crippen LogP contribution is 2.44. The summed E-state index contributed by atoms with van der Waals surface area (Å²) in [5.74, 6) is 0.547. The second kappa shape index (κ2) is 10.00. The molecule has 35 heavy (non-hydrogen) atoms. The van der Waals surface area contributed by atoms with E-state index in [4.69, 9.17) is 14.2 Å². The van der Waals surface area contributed by atoms with Crippen LogP contribution >= 0.6 is 0 Å². The van der Waals surface area contributed by atoms with Gasteiger partial charge in [-0.25, -0.2) is 4.39 Å². The van der Waals surface area contributed by atoms with Crippen LogP contribution in [-0.2, 0) is 28.0 Å². The van der Waals surface area contributed by atoms with Crippen LogP contribution in [0, 0.1) is 5.82 Å². The van der Waals surface area contributed by atoms with Crippen LogP contribution in [-0.4, -0.2) is 18.8 Å². The van der Waals surface area contributed by atoms with E-state index < -0.39 is 5.60 Å². The van der Waals surface area contributed by atoms with Gasteiger partial charge in [0.15, 0.2) is 0 Å². The fraction of sp³-hybridized carbons (Fsp3) is 0.400. The Kier molecular flexibility index (Phi) is 7.20. The molecular formula is C30H36FNO3. The third-order valence-electron chi connectivity index (χ3n) is 6.54. The van der Waals surface area contributed by atoms with Crippen LogP contribution in [0.4, 0.5) is 10.1 Å². The lowest BCUT2D eigenvalue weighted by Crippen LogP contribution is -2.50. The summed E-state index contributed by atoms with van der Waals surface area (Å²) in [6, 6.07) is 21.1. The molecule has 1 aliphatic heterocycles. The predicted molar refractivity (Wildman–Crippen MR) is 138 cm³/mol. The van der Waals surface area contributed by atoms with E-state index in [2.05, 4.69) is 50.4 Å². The van der Waals surface area contributed by atoms with Crippen molar-refractivity contribution in [1.82, 2.24) is 0 Å². The molecule has 0 amide bonds. The molecule has 186 valence electrons. The normalized spacial score (nSPS) is 19.1. The quantitative estimate of drug-likeness (QED) is 0.391. The number of benzene rings is 3. The van der Waals surface area contributed by atoms with E-state index in [9.17, 15) is 4.39 Å². The van der Waals surface area contributed by atoms with Crippen molar-refractivity contribution in [2.24, 2.45) is 0 Å². The summed E-state index contributed by atoms with van der Waals surface area (Å²) in [5.41, 5.74) is 4.67. The fourth-order valence-corrected chi connectivity index (χ4v) is 4.52. The van der Waals surface area contributed by atoms with Gasteiger partial charge in [-0.2, -0.15) is 0 Å². The van der Waals surface area contributed by atoms with E-state index >= 15 is 0 Å². The number of hydrogen-bond acceptors (Lipinski definition) is 4. The molecule has 0 bridgehead atoms. The monoisotopic (exact) mass is 477 g/mol. The summed E-state index contributed by atoms with van der Waals surface area (Å²) in [7, 11) is 1.71. The van der Waals surface area contributed by atoms with Crippen LogP contribution in [0.3, 0.4) is 0 Å². The number of halogens is 1. The van der Waals surface area contributed by atoms with Gasteiger partial charge in [0.05, 0.1) is 6.61 Å². The van der Waals surface area contributed by atoms with E-state index in [-0.39, 0.29) is 23.4 Å². The number of fused-ring (bicyclic) bond motifs is 1. The van der Waals surface area contributed by atoms with Crippen molar-refractivity contribution in [2.45, 2.75) is 71.0 Å². The van der Waals surface area contributed by atoms with Gasteiger partial charge in [-0.05, 0) is 66.3 Å². The Hall–Kier alpha value is -2.89. The van der Waals surface area contributed by atoms with Gasteiger partial charge in [0.25, 0.3) is 0 Å². The Bertz CT molecular complexity index is 1150. The second-order valence-corrected chi connectivity index (χ2v) is 10.8. The van der Waals surface area contributed by atoms with Crippen LogP contribution < -0.4 is 10.1 Å². The molecule has 3 aromatic rings. The molecule has 2 atom stereocenters. The van der Waals surface area contributed by atoms with E-state index in [1.54, 1.807) is 13.2 Å². The third kappa shape index (κ3) is 5.85. The second-order valence-electron chi connectivity index (χ2n) is 10.8. The largest absolute Gasteiger partial charge is 0.485 e. The van der Waals surface area contributed by atoms with Crippen LogP contribution in [0.2, 0.25) is 0 Å². The molecule has 4 nitrogen and oxygen atoms in total. The maximum Gasteiger partial charge on any atom is 0.132 e. The Morgan fingerprint density at radius 3 is 2.37 bits per heavy atom. The first-order chi connectivity index (χ1) is 16.6. The lowest BCUT2D eigenvalue weighted by atomic mass is 9.86. The molecule has 0 radical (unpaired) electrons. The van der Waals surface area contributed by atoms with E-state index in [0.29, 0.717) is 13.2 Å². The van der Waals surface area contributed by atoms with Crippen LogP contribution in [0.5, 0.6) is 5.75 Å². The molecule has 2 unspecified atom stereocenters. The maximum absolute atomic E-state index is 13.5. The molecule has 1 heterocycles. The number of anilines is 1. The van der Waals surface area contributed by atoms with Gasteiger partial charge < -0.3 is 19.5 Å². The fourth-order valence-electron chi connectivity index (χ4n) is 4.52. The predicted octanol–water partition coefficient (Wildman–Crippen LogP) is 7.18. The summed E-state index contributed by atoms with van der Waals surface area (Å²) < 4.78 is 32.3. The Labute approximate surface area is 208 Å². The first kappa shape index (κ1) is 25.2. The first-order valence-corrected chi connectivity index (χ1v) is 12.1. The lowest BCUT2D eigenvalue weighted by Gasteiger charge is -2.44. The average Bonchev–Trinajstić information content (AvgIpc) is 2.80. The molecule has 0 saturated carbocycles. The highest BCUT2D eigenvalue weighted by molar-refractivity contribution is 5.54. The van der Waals surface area contributed by atoms with Crippen molar-refractivity contribution < 1.29 is 18.6 Å². The third-order valence-corrected chi connectivity index (χ3v) is 6.54. The topological polar surface area (TPSA) is 39.7 Å². The summed E-state index contributed by atoms with van der Waals surface area (Å²) in [4.78, 5) is 0. The van der Waals surface area contributed by atoms with Gasteiger partial charge in [-0.1, -0.05) is 57.2 Å². The smallest absolute Gasteiger partial charge is 0.132 e. The van der Waals surface area contributed by atoms with Crippen molar-refractivity contribution in [3.05, 3.63) is 94.8 Å². The van der Waals surface area contributed by atoms with Crippen LogP contribution in [0.25, 0.3) is 0 Å². The van der Waals surface area contributed by atoms with Crippen molar-refractivity contribution in [2.75, 3.05) is 12.4 Å². The average molecular weight is 478 g/mol. The minimum absolute atomic E-state index is 0.115. The number of ether oxygens (including phenoxy) is 3. The molecular weight excluding hydrogens is 441 g/mol. The molecule has 1 N–H and O–H groups in total. The Balaban J connectivity index is 1.51. The van der Waals surface area contributed by atoms with Gasteiger partial charge >= 0.3 is 0 Å². The number of rotatable bonds is 7. The number of methoxy groups -OCH3 is 1. The zero-order valence-corrected chi connectivity index (χ0v) is 21.5. The Morgan fingerprint density at radius 2 is 1.71 bits per heavy atom.